The summed E-state index contributed by atoms with van der Waals surface area (Å²) >= 11 is 6.05. The third kappa shape index (κ3) is 6.43. The summed E-state index contributed by atoms with van der Waals surface area (Å²) in [5, 5.41) is 2.96. The van der Waals surface area contributed by atoms with Crippen LogP contribution in [0.25, 0.3) is 0 Å². The number of methoxy groups -OCH3 is 2. The Bertz CT molecular complexity index is 1300. The van der Waals surface area contributed by atoms with Crippen LogP contribution < -0.4 is 19.5 Å². The second kappa shape index (κ2) is 10.8. The van der Waals surface area contributed by atoms with Crippen LogP contribution in [0.15, 0.2) is 59.5 Å². The molecule has 3 aromatic carbocycles. The van der Waals surface area contributed by atoms with Gasteiger partial charge in [0.1, 0.15) is 11.6 Å². The van der Waals surface area contributed by atoms with Gasteiger partial charge in [-0.2, -0.15) is 0 Å². The van der Waals surface area contributed by atoms with E-state index >= 15 is 0 Å². The van der Waals surface area contributed by atoms with E-state index in [0.717, 1.165) is 6.07 Å². The molecule has 0 aliphatic carbocycles. The van der Waals surface area contributed by atoms with E-state index in [1.54, 1.807) is 6.07 Å². The van der Waals surface area contributed by atoms with E-state index in [0.29, 0.717) is 27.6 Å². The molecule has 0 fully saturated rings. The fraction of sp³-hybridized carbons (Fsp3) is 0.174. The van der Waals surface area contributed by atoms with Gasteiger partial charge in [-0.25, -0.2) is 21.9 Å². The topological polar surface area (TPSA) is 93.7 Å². The lowest BCUT2D eigenvalue weighted by atomic mass is 10.0. The van der Waals surface area contributed by atoms with Crippen molar-refractivity contribution in [3.8, 4) is 11.5 Å². The Kier molecular flexibility index (Phi) is 8.08. The second-order valence-corrected chi connectivity index (χ2v) is 9.35. The number of carbonyl (C=O) groups excluding carboxylic acids is 1. The van der Waals surface area contributed by atoms with Gasteiger partial charge in [0, 0.05) is 22.8 Å². The van der Waals surface area contributed by atoms with Crippen LogP contribution in [-0.2, 0) is 21.2 Å². The monoisotopic (exact) mass is 510 g/mol. The van der Waals surface area contributed by atoms with Gasteiger partial charge >= 0.3 is 0 Å². The number of hydrogen-bond donors (Lipinski definition) is 2. The maximum atomic E-state index is 13.5. The molecule has 0 spiro atoms. The molecular formula is C23H21ClF2N2O5S. The van der Waals surface area contributed by atoms with Crippen molar-refractivity contribution in [2.75, 3.05) is 26.1 Å². The van der Waals surface area contributed by atoms with Gasteiger partial charge in [0.2, 0.25) is 15.9 Å². The SMILES string of the molecule is COc1ccc(S(=O)(=O)NCC(=O)Nc2ccc(Cl)cc2Cc2cc(F)cc(F)c2)cc1OC. The van der Waals surface area contributed by atoms with E-state index in [2.05, 4.69) is 10.0 Å². The van der Waals surface area contributed by atoms with E-state index < -0.39 is 34.1 Å². The average Bonchev–Trinajstić information content (AvgIpc) is 2.78. The van der Waals surface area contributed by atoms with Crippen LogP contribution in [0, 0.1) is 11.6 Å². The van der Waals surface area contributed by atoms with Crippen molar-refractivity contribution in [2.24, 2.45) is 0 Å². The fourth-order valence-electron chi connectivity index (χ4n) is 3.19. The zero-order chi connectivity index (χ0) is 24.9. The third-order valence-corrected chi connectivity index (χ3v) is 6.38. The molecule has 0 radical (unpaired) electrons. The summed E-state index contributed by atoms with van der Waals surface area (Å²) in [6, 6.07) is 11.7. The minimum Gasteiger partial charge on any atom is -0.493 e. The van der Waals surface area contributed by atoms with Crippen LogP contribution in [0.3, 0.4) is 0 Å². The minimum atomic E-state index is -4.03. The first-order valence-electron chi connectivity index (χ1n) is 9.86. The van der Waals surface area contributed by atoms with Crippen molar-refractivity contribution in [3.05, 3.63) is 82.4 Å². The van der Waals surface area contributed by atoms with Gasteiger partial charge in [0.05, 0.1) is 25.7 Å². The van der Waals surface area contributed by atoms with Crippen molar-refractivity contribution in [3.63, 3.8) is 0 Å². The zero-order valence-corrected chi connectivity index (χ0v) is 19.8. The molecule has 0 aromatic heterocycles. The normalized spacial score (nSPS) is 11.2. The van der Waals surface area contributed by atoms with Gasteiger partial charge in [-0.3, -0.25) is 4.79 Å². The summed E-state index contributed by atoms with van der Waals surface area (Å²) in [5.41, 5.74) is 1.16. The van der Waals surface area contributed by atoms with Gasteiger partial charge in [0.25, 0.3) is 0 Å². The van der Waals surface area contributed by atoms with Crippen molar-refractivity contribution in [2.45, 2.75) is 11.3 Å². The molecule has 0 bridgehead atoms. The van der Waals surface area contributed by atoms with Crippen molar-refractivity contribution in [1.29, 1.82) is 0 Å². The predicted molar refractivity (Wildman–Crippen MR) is 124 cm³/mol. The summed E-state index contributed by atoms with van der Waals surface area (Å²) < 4.78 is 64.7. The fourth-order valence-corrected chi connectivity index (χ4v) is 4.38. The largest absolute Gasteiger partial charge is 0.493 e. The minimum absolute atomic E-state index is 0.0855. The lowest BCUT2D eigenvalue weighted by Gasteiger charge is -2.13. The Balaban J connectivity index is 1.72. The van der Waals surface area contributed by atoms with E-state index in [4.69, 9.17) is 21.1 Å². The van der Waals surface area contributed by atoms with Gasteiger partial charge in [-0.1, -0.05) is 11.6 Å². The van der Waals surface area contributed by atoms with Crippen LogP contribution >= 0.6 is 11.6 Å². The number of anilines is 1. The molecular weight excluding hydrogens is 490 g/mol. The molecule has 0 saturated heterocycles. The van der Waals surface area contributed by atoms with E-state index in [9.17, 15) is 22.0 Å². The smallest absolute Gasteiger partial charge is 0.241 e. The van der Waals surface area contributed by atoms with E-state index in [1.165, 1.54) is 56.7 Å². The standard InChI is InChI=1S/C23H21ClF2N2O5S/c1-32-21-6-4-19(12-22(21)33-2)34(30,31)27-13-23(29)28-20-5-3-16(24)10-15(20)7-14-8-17(25)11-18(26)9-14/h3-6,8-12,27H,7,13H2,1-2H3,(H,28,29). The number of hydrogen-bond acceptors (Lipinski definition) is 5. The van der Waals surface area contributed by atoms with Crippen LogP contribution in [0.5, 0.6) is 11.5 Å². The number of halogens is 3. The molecule has 0 aliphatic rings. The van der Waals surface area contributed by atoms with Crippen LogP contribution in [0.4, 0.5) is 14.5 Å². The van der Waals surface area contributed by atoms with Gasteiger partial charge in [-0.15, -0.1) is 0 Å². The average molecular weight is 511 g/mol. The molecule has 0 unspecified atom stereocenters. The highest BCUT2D eigenvalue weighted by molar-refractivity contribution is 7.89. The highest BCUT2D eigenvalue weighted by atomic mass is 35.5. The quantitative estimate of drug-likeness (QED) is 0.451. The first-order valence-corrected chi connectivity index (χ1v) is 11.7. The number of amides is 1. The summed E-state index contributed by atoms with van der Waals surface area (Å²) in [6.07, 6.45) is 0.0855. The zero-order valence-electron chi connectivity index (χ0n) is 18.2. The van der Waals surface area contributed by atoms with Crippen molar-refractivity contribution >= 4 is 33.2 Å². The second-order valence-electron chi connectivity index (χ2n) is 7.15. The van der Waals surface area contributed by atoms with Crippen LogP contribution in [0.2, 0.25) is 5.02 Å². The molecule has 180 valence electrons. The van der Waals surface area contributed by atoms with E-state index in [1.807, 2.05) is 0 Å². The Morgan fingerprint density at radius 2 is 1.62 bits per heavy atom. The van der Waals surface area contributed by atoms with Gasteiger partial charge in [-0.05, 0) is 60.0 Å². The third-order valence-electron chi connectivity index (χ3n) is 4.75. The number of ether oxygens (including phenoxy) is 2. The van der Waals surface area contributed by atoms with Crippen molar-refractivity contribution < 1.29 is 31.5 Å². The summed E-state index contributed by atoms with van der Waals surface area (Å²) in [7, 11) is -1.24. The highest BCUT2D eigenvalue weighted by Crippen LogP contribution is 2.29. The van der Waals surface area contributed by atoms with Gasteiger partial charge in [0.15, 0.2) is 11.5 Å². The highest BCUT2D eigenvalue weighted by Gasteiger charge is 2.19. The number of carbonyl (C=O) groups is 1. The maximum Gasteiger partial charge on any atom is 0.241 e. The number of rotatable bonds is 9. The number of benzene rings is 3. The molecule has 0 heterocycles. The van der Waals surface area contributed by atoms with Crippen LogP contribution in [-0.4, -0.2) is 35.1 Å². The van der Waals surface area contributed by atoms with Crippen molar-refractivity contribution in [1.82, 2.24) is 4.72 Å². The molecule has 34 heavy (non-hydrogen) atoms. The molecule has 7 nitrogen and oxygen atoms in total. The molecule has 11 heteroatoms. The molecule has 0 atom stereocenters. The molecule has 3 aromatic rings. The van der Waals surface area contributed by atoms with Gasteiger partial charge < -0.3 is 14.8 Å². The molecule has 3 rings (SSSR count). The maximum absolute atomic E-state index is 13.5. The Morgan fingerprint density at radius 1 is 0.941 bits per heavy atom. The number of sulfonamides is 1. The summed E-state index contributed by atoms with van der Waals surface area (Å²) in [5.74, 6) is -1.54. The lowest BCUT2D eigenvalue weighted by molar-refractivity contribution is -0.115. The van der Waals surface area contributed by atoms with E-state index in [-0.39, 0.29) is 17.1 Å². The Hall–Kier alpha value is -3.21. The predicted octanol–water partition coefficient (Wildman–Crippen LogP) is 4.14. The summed E-state index contributed by atoms with van der Waals surface area (Å²) in [4.78, 5) is 12.4. The summed E-state index contributed by atoms with van der Waals surface area (Å²) in [6.45, 7) is -0.562. The number of nitrogens with one attached hydrogen (secondary N) is 2. The first kappa shape index (κ1) is 25.4. The molecule has 1 amide bonds. The Morgan fingerprint density at radius 3 is 2.26 bits per heavy atom. The molecule has 0 aliphatic heterocycles. The first-order chi connectivity index (χ1) is 16.1. The lowest BCUT2D eigenvalue weighted by Crippen LogP contribution is -2.33. The molecule has 2 N–H and O–H groups in total. The Labute approximate surface area is 200 Å². The molecule has 0 saturated carbocycles. The van der Waals surface area contributed by atoms with Crippen LogP contribution in [0.1, 0.15) is 11.1 Å².